The van der Waals surface area contributed by atoms with Crippen molar-refractivity contribution in [3.63, 3.8) is 0 Å². The van der Waals surface area contributed by atoms with Crippen LogP contribution in [0.3, 0.4) is 0 Å². The molecule has 1 amide bonds. The molecule has 1 saturated heterocycles. The molecule has 6 heteroatoms. The average Bonchev–Trinajstić information content (AvgIpc) is 3.12. The summed E-state index contributed by atoms with van der Waals surface area (Å²) in [7, 11) is 0. The van der Waals surface area contributed by atoms with Crippen LogP contribution in [0, 0.1) is 5.92 Å². The summed E-state index contributed by atoms with van der Waals surface area (Å²) in [5.41, 5.74) is 6.76. The van der Waals surface area contributed by atoms with E-state index in [1.807, 2.05) is 26.0 Å². The Morgan fingerprint density at radius 3 is 2.40 bits per heavy atom. The Kier molecular flexibility index (Phi) is 7.95. The highest BCUT2D eigenvalue weighted by Gasteiger charge is 2.26. The third-order valence-corrected chi connectivity index (χ3v) is 7.14. The summed E-state index contributed by atoms with van der Waals surface area (Å²) in [6, 6.07) is 16.2. The lowest BCUT2D eigenvalue weighted by atomic mass is 9.95. The van der Waals surface area contributed by atoms with Crippen molar-refractivity contribution in [1.29, 1.82) is 0 Å². The van der Waals surface area contributed by atoms with E-state index in [2.05, 4.69) is 40.7 Å². The Hall–Kier alpha value is -2.67. The third kappa shape index (κ3) is 6.13. The maximum atomic E-state index is 11.7. The van der Waals surface area contributed by atoms with Gasteiger partial charge in [0, 0.05) is 35.2 Å². The van der Waals surface area contributed by atoms with Gasteiger partial charge in [0.1, 0.15) is 0 Å². The molecule has 35 heavy (non-hydrogen) atoms. The fourth-order valence-corrected chi connectivity index (χ4v) is 5.53. The summed E-state index contributed by atoms with van der Waals surface area (Å²) in [5.74, 6) is 0.136. The van der Waals surface area contributed by atoms with E-state index in [1.54, 1.807) is 17.6 Å². The number of hydroxylamine groups is 1. The number of para-hydroxylation sites is 1. The Morgan fingerprint density at radius 1 is 1.09 bits per heavy atom. The topological polar surface area (TPSA) is 77.7 Å². The second-order valence-electron chi connectivity index (χ2n) is 10.6. The molecule has 6 nitrogen and oxygen atoms in total. The number of fused-ring (bicyclic) bond motifs is 1. The van der Waals surface area contributed by atoms with Gasteiger partial charge in [0.15, 0.2) is 0 Å². The Labute approximate surface area is 208 Å². The summed E-state index contributed by atoms with van der Waals surface area (Å²) in [4.78, 5) is 14.1. The molecular formula is C29H39N3O3. The Morgan fingerprint density at radius 2 is 1.77 bits per heavy atom. The minimum Gasteiger partial charge on any atom is -0.389 e. The number of piperidine rings is 1. The minimum atomic E-state index is -0.646. The van der Waals surface area contributed by atoms with Crippen molar-refractivity contribution >= 4 is 16.8 Å². The zero-order valence-electron chi connectivity index (χ0n) is 21.3. The number of nitrogens with one attached hydrogen (secondary N) is 1. The lowest BCUT2D eigenvalue weighted by Gasteiger charge is -2.35. The van der Waals surface area contributed by atoms with Gasteiger partial charge in [-0.25, -0.2) is 5.48 Å². The van der Waals surface area contributed by atoms with Crippen LogP contribution in [0.15, 0.2) is 48.5 Å². The lowest BCUT2D eigenvalue weighted by molar-refractivity contribution is 0.0234. The van der Waals surface area contributed by atoms with Crippen LogP contribution < -0.4 is 5.48 Å². The number of carbonyl (C=O) groups excluding carboxylic acids is 1. The van der Waals surface area contributed by atoms with Gasteiger partial charge in [-0.1, -0.05) is 43.7 Å². The predicted octanol–water partition coefficient (Wildman–Crippen LogP) is 4.79. The van der Waals surface area contributed by atoms with Crippen LogP contribution in [-0.2, 0) is 19.4 Å². The molecule has 0 bridgehead atoms. The predicted molar refractivity (Wildman–Crippen MR) is 140 cm³/mol. The number of carbonyl (C=O) groups is 1. The first-order chi connectivity index (χ1) is 16.8. The number of rotatable bonds is 9. The highest BCUT2D eigenvalue weighted by Crippen LogP contribution is 2.32. The summed E-state index contributed by atoms with van der Waals surface area (Å²) in [5, 5.41) is 20.4. The molecule has 1 aliphatic heterocycles. The number of amides is 1. The summed E-state index contributed by atoms with van der Waals surface area (Å²) < 4.78 is 2.57. The smallest absolute Gasteiger partial charge is 0.274 e. The van der Waals surface area contributed by atoms with E-state index in [0.29, 0.717) is 11.5 Å². The monoisotopic (exact) mass is 477 g/mol. The van der Waals surface area contributed by atoms with Gasteiger partial charge in [-0.2, -0.15) is 0 Å². The lowest BCUT2D eigenvalue weighted by Crippen LogP contribution is -2.43. The van der Waals surface area contributed by atoms with Gasteiger partial charge in [0.25, 0.3) is 5.91 Å². The maximum absolute atomic E-state index is 11.7. The number of benzene rings is 2. The third-order valence-electron chi connectivity index (χ3n) is 7.14. The van der Waals surface area contributed by atoms with Gasteiger partial charge in [-0.05, 0) is 87.9 Å². The zero-order chi connectivity index (χ0) is 25.0. The number of aliphatic hydroxyl groups is 1. The number of likely N-dealkylation sites (tertiary alicyclic amines) is 1. The van der Waals surface area contributed by atoms with Crippen molar-refractivity contribution in [3.05, 3.63) is 70.9 Å². The number of aromatic nitrogens is 1. The molecule has 0 unspecified atom stereocenters. The van der Waals surface area contributed by atoms with E-state index in [0.717, 1.165) is 63.8 Å². The molecule has 1 aliphatic rings. The zero-order valence-corrected chi connectivity index (χ0v) is 21.3. The Balaban J connectivity index is 1.59. The van der Waals surface area contributed by atoms with Crippen molar-refractivity contribution in [3.8, 4) is 0 Å². The number of hydrogen-bond acceptors (Lipinski definition) is 4. The number of hydrogen-bond donors (Lipinski definition) is 3. The molecule has 0 aliphatic carbocycles. The molecule has 0 spiro atoms. The standard InChI is InChI=1S/C29H39N3O3/c1-4-7-26-25(18-21-10-12-23(13-11-21)28(33)30-35)24-8-5-6-9-27(24)32(26)19-22-14-16-31(17-15-22)20-29(2,3)34/h5-6,8-13,22,34-35H,4,7,14-20H2,1-3H3,(H,30,33). The Bertz CT molecular complexity index is 1140. The van der Waals surface area contributed by atoms with E-state index < -0.39 is 11.5 Å². The fourth-order valence-electron chi connectivity index (χ4n) is 5.53. The van der Waals surface area contributed by atoms with Crippen molar-refractivity contribution in [2.24, 2.45) is 5.92 Å². The van der Waals surface area contributed by atoms with Crippen LogP contribution >= 0.6 is 0 Å². The summed E-state index contributed by atoms with van der Waals surface area (Å²) >= 11 is 0. The fraction of sp³-hybridized carbons (Fsp3) is 0.483. The first kappa shape index (κ1) is 25.4. The molecule has 2 aromatic carbocycles. The van der Waals surface area contributed by atoms with Crippen LogP contribution in [-0.4, -0.2) is 50.9 Å². The number of β-amino-alcohol motifs (C(OH)–C–C–N with tert-alkyl or cyclic N) is 1. The van der Waals surface area contributed by atoms with E-state index in [1.165, 1.54) is 22.2 Å². The van der Waals surface area contributed by atoms with Gasteiger partial charge in [-0.15, -0.1) is 0 Å². The van der Waals surface area contributed by atoms with Gasteiger partial charge < -0.3 is 14.6 Å². The first-order valence-corrected chi connectivity index (χ1v) is 12.9. The van der Waals surface area contributed by atoms with Gasteiger partial charge in [0.2, 0.25) is 0 Å². The molecule has 4 rings (SSSR count). The van der Waals surface area contributed by atoms with Crippen LogP contribution in [0.5, 0.6) is 0 Å². The SMILES string of the molecule is CCCc1c(Cc2ccc(C(=O)NO)cc2)c2ccccc2n1CC1CCN(CC(C)(C)O)CC1. The van der Waals surface area contributed by atoms with Crippen LogP contribution in [0.25, 0.3) is 10.9 Å². The second-order valence-corrected chi connectivity index (χ2v) is 10.6. The molecule has 0 radical (unpaired) electrons. The van der Waals surface area contributed by atoms with E-state index in [9.17, 15) is 9.90 Å². The van der Waals surface area contributed by atoms with Crippen molar-refractivity contribution in [2.75, 3.05) is 19.6 Å². The van der Waals surface area contributed by atoms with Crippen molar-refractivity contribution in [2.45, 2.75) is 65.0 Å². The first-order valence-electron chi connectivity index (χ1n) is 12.9. The number of nitrogens with zero attached hydrogens (tertiary/aromatic N) is 2. The highest BCUT2D eigenvalue weighted by molar-refractivity contribution is 5.93. The molecule has 3 N–H and O–H groups in total. The maximum Gasteiger partial charge on any atom is 0.274 e. The average molecular weight is 478 g/mol. The molecule has 0 saturated carbocycles. The van der Waals surface area contributed by atoms with E-state index >= 15 is 0 Å². The molecule has 3 aromatic rings. The summed E-state index contributed by atoms with van der Waals surface area (Å²) in [6.07, 6.45) is 5.24. The molecule has 2 heterocycles. The van der Waals surface area contributed by atoms with Gasteiger partial charge in [-0.3, -0.25) is 10.0 Å². The van der Waals surface area contributed by atoms with Crippen LogP contribution in [0.2, 0.25) is 0 Å². The molecule has 1 fully saturated rings. The highest BCUT2D eigenvalue weighted by atomic mass is 16.5. The molecular weight excluding hydrogens is 438 g/mol. The van der Waals surface area contributed by atoms with E-state index in [4.69, 9.17) is 5.21 Å². The molecule has 1 aromatic heterocycles. The van der Waals surface area contributed by atoms with Crippen molar-refractivity contribution < 1.29 is 15.1 Å². The summed E-state index contributed by atoms with van der Waals surface area (Å²) in [6.45, 7) is 9.85. The van der Waals surface area contributed by atoms with E-state index in [-0.39, 0.29) is 0 Å². The molecule has 188 valence electrons. The second kappa shape index (κ2) is 10.9. The van der Waals surface area contributed by atoms with Gasteiger partial charge >= 0.3 is 0 Å². The van der Waals surface area contributed by atoms with Crippen molar-refractivity contribution in [1.82, 2.24) is 14.9 Å². The minimum absolute atomic E-state index is 0.448. The molecule has 0 atom stereocenters. The largest absolute Gasteiger partial charge is 0.389 e. The quantitative estimate of drug-likeness (QED) is 0.306. The van der Waals surface area contributed by atoms with Crippen LogP contribution in [0.1, 0.15) is 67.2 Å². The van der Waals surface area contributed by atoms with Gasteiger partial charge in [0.05, 0.1) is 5.60 Å². The van der Waals surface area contributed by atoms with Crippen LogP contribution in [0.4, 0.5) is 0 Å². The normalized spacial score (nSPS) is 15.6.